The lowest BCUT2D eigenvalue weighted by atomic mass is 9.94. The summed E-state index contributed by atoms with van der Waals surface area (Å²) in [4.78, 5) is 16.6. The Morgan fingerprint density at radius 2 is 2.19 bits per heavy atom. The van der Waals surface area contributed by atoms with Crippen LogP contribution in [0.1, 0.15) is 19.3 Å². The molecule has 0 fully saturated rings. The van der Waals surface area contributed by atoms with E-state index in [0.717, 1.165) is 30.5 Å². The standard InChI is InChI=1S/C16H15ClN2OS/c17-13-9-5-4-8-12(13)14-10-21-16(18-14)19-15(20)11-6-2-1-3-7-11/h1-2,4-5,8-11H,3,6-7H2,(H,18,19,20)/t11-/m0/s1. The van der Waals surface area contributed by atoms with Crippen molar-refractivity contribution in [3.05, 3.63) is 46.8 Å². The van der Waals surface area contributed by atoms with Gasteiger partial charge in [-0.1, -0.05) is 42.0 Å². The quantitative estimate of drug-likeness (QED) is 0.829. The summed E-state index contributed by atoms with van der Waals surface area (Å²) in [5.41, 5.74) is 1.68. The van der Waals surface area contributed by atoms with Crippen LogP contribution in [0.15, 0.2) is 41.8 Å². The minimum absolute atomic E-state index is 0.0550. The van der Waals surface area contributed by atoms with Crippen molar-refractivity contribution in [2.45, 2.75) is 19.3 Å². The van der Waals surface area contributed by atoms with Crippen LogP contribution >= 0.6 is 22.9 Å². The molecular formula is C16H15ClN2OS. The third-order valence-corrected chi connectivity index (χ3v) is 4.61. The van der Waals surface area contributed by atoms with Gasteiger partial charge in [0.15, 0.2) is 5.13 Å². The first kappa shape index (κ1) is 14.3. The summed E-state index contributed by atoms with van der Waals surface area (Å²) in [6.07, 6.45) is 6.90. The summed E-state index contributed by atoms with van der Waals surface area (Å²) in [7, 11) is 0. The molecule has 1 heterocycles. The highest BCUT2D eigenvalue weighted by Gasteiger charge is 2.19. The SMILES string of the molecule is O=C(Nc1nc(-c2ccccc2Cl)cs1)[C@H]1CC=CCC1. The summed E-state index contributed by atoms with van der Waals surface area (Å²) >= 11 is 7.59. The Bertz CT molecular complexity index is 680. The van der Waals surface area contributed by atoms with Crippen molar-refractivity contribution in [1.29, 1.82) is 0 Å². The van der Waals surface area contributed by atoms with E-state index in [1.807, 2.05) is 29.6 Å². The average molecular weight is 319 g/mol. The van der Waals surface area contributed by atoms with Crippen LogP contribution < -0.4 is 5.32 Å². The zero-order valence-corrected chi connectivity index (χ0v) is 13.0. The zero-order chi connectivity index (χ0) is 14.7. The van der Waals surface area contributed by atoms with Crippen LogP contribution in [0, 0.1) is 5.92 Å². The Morgan fingerprint density at radius 3 is 2.95 bits per heavy atom. The van der Waals surface area contributed by atoms with Crippen molar-refractivity contribution in [3.63, 3.8) is 0 Å². The van der Waals surface area contributed by atoms with Crippen molar-refractivity contribution >= 4 is 34.0 Å². The predicted octanol–water partition coefficient (Wildman–Crippen LogP) is 4.76. The Labute approximate surface area is 132 Å². The van der Waals surface area contributed by atoms with Gasteiger partial charge in [0, 0.05) is 21.9 Å². The van der Waals surface area contributed by atoms with E-state index in [9.17, 15) is 4.79 Å². The molecular weight excluding hydrogens is 304 g/mol. The smallest absolute Gasteiger partial charge is 0.229 e. The fourth-order valence-corrected chi connectivity index (χ4v) is 3.31. The molecule has 1 aliphatic rings. The van der Waals surface area contributed by atoms with Crippen molar-refractivity contribution in [1.82, 2.24) is 4.98 Å². The number of hydrogen-bond acceptors (Lipinski definition) is 3. The lowest BCUT2D eigenvalue weighted by Crippen LogP contribution is -2.23. The molecule has 0 saturated heterocycles. The first-order valence-corrected chi connectivity index (χ1v) is 8.16. The number of allylic oxidation sites excluding steroid dienone is 2. The first-order valence-electron chi connectivity index (χ1n) is 6.90. The van der Waals surface area contributed by atoms with Gasteiger partial charge in [-0.2, -0.15) is 0 Å². The number of carbonyl (C=O) groups excluding carboxylic acids is 1. The Kier molecular flexibility index (Phi) is 4.36. The van der Waals surface area contributed by atoms with E-state index in [0.29, 0.717) is 10.2 Å². The highest BCUT2D eigenvalue weighted by Crippen LogP contribution is 2.30. The molecule has 1 atom stereocenters. The summed E-state index contributed by atoms with van der Waals surface area (Å²) in [6.45, 7) is 0. The van der Waals surface area contributed by atoms with Gasteiger partial charge in [-0.3, -0.25) is 4.79 Å². The maximum atomic E-state index is 12.2. The van der Waals surface area contributed by atoms with Gasteiger partial charge >= 0.3 is 0 Å². The van der Waals surface area contributed by atoms with Crippen molar-refractivity contribution in [2.24, 2.45) is 5.92 Å². The van der Waals surface area contributed by atoms with E-state index in [1.165, 1.54) is 11.3 Å². The number of amides is 1. The molecule has 0 spiro atoms. The lowest BCUT2D eigenvalue weighted by Gasteiger charge is -2.15. The molecule has 108 valence electrons. The molecule has 0 radical (unpaired) electrons. The van der Waals surface area contributed by atoms with Crippen molar-refractivity contribution in [3.8, 4) is 11.3 Å². The Hall–Kier alpha value is -1.65. The van der Waals surface area contributed by atoms with E-state index >= 15 is 0 Å². The van der Waals surface area contributed by atoms with Crippen LogP contribution in [0.3, 0.4) is 0 Å². The highest BCUT2D eigenvalue weighted by molar-refractivity contribution is 7.14. The fraction of sp³-hybridized carbons (Fsp3) is 0.250. The summed E-state index contributed by atoms with van der Waals surface area (Å²) in [5, 5.41) is 6.12. The third kappa shape index (κ3) is 3.34. The van der Waals surface area contributed by atoms with Gasteiger partial charge in [-0.05, 0) is 25.3 Å². The van der Waals surface area contributed by atoms with E-state index in [1.54, 1.807) is 0 Å². The summed E-state index contributed by atoms with van der Waals surface area (Å²) < 4.78 is 0. The molecule has 1 aliphatic carbocycles. The van der Waals surface area contributed by atoms with Gasteiger partial charge in [0.05, 0.1) is 5.69 Å². The average Bonchev–Trinajstić information content (AvgIpc) is 2.97. The first-order chi connectivity index (χ1) is 10.2. The number of thiazole rings is 1. The largest absolute Gasteiger partial charge is 0.302 e. The van der Waals surface area contributed by atoms with Gasteiger partial charge in [-0.25, -0.2) is 4.98 Å². The molecule has 1 aromatic carbocycles. The molecule has 1 aromatic heterocycles. The molecule has 3 rings (SSSR count). The van der Waals surface area contributed by atoms with Gasteiger partial charge in [0.1, 0.15) is 0 Å². The van der Waals surface area contributed by atoms with Crippen LogP contribution in [0.4, 0.5) is 5.13 Å². The normalized spacial score (nSPS) is 17.7. The topological polar surface area (TPSA) is 42.0 Å². The van der Waals surface area contributed by atoms with E-state index in [4.69, 9.17) is 11.6 Å². The van der Waals surface area contributed by atoms with Gasteiger partial charge < -0.3 is 5.32 Å². The van der Waals surface area contributed by atoms with Crippen molar-refractivity contribution < 1.29 is 4.79 Å². The number of nitrogens with one attached hydrogen (secondary N) is 1. The number of hydrogen-bond donors (Lipinski definition) is 1. The second-order valence-corrected chi connectivity index (χ2v) is 6.25. The minimum Gasteiger partial charge on any atom is -0.302 e. The number of anilines is 1. The number of nitrogens with zero attached hydrogens (tertiary/aromatic N) is 1. The lowest BCUT2D eigenvalue weighted by molar-refractivity contribution is -0.120. The minimum atomic E-state index is 0.0550. The number of carbonyl (C=O) groups is 1. The third-order valence-electron chi connectivity index (χ3n) is 3.52. The molecule has 5 heteroatoms. The highest BCUT2D eigenvalue weighted by atomic mass is 35.5. The molecule has 1 N–H and O–H groups in total. The number of halogens is 1. The molecule has 0 saturated carbocycles. The van der Waals surface area contributed by atoms with Gasteiger partial charge in [-0.15, -0.1) is 11.3 Å². The summed E-state index contributed by atoms with van der Waals surface area (Å²) in [5.74, 6) is 0.113. The molecule has 0 aliphatic heterocycles. The monoisotopic (exact) mass is 318 g/mol. The van der Waals surface area contributed by atoms with Crippen LogP contribution in [0.2, 0.25) is 5.02 Å². The Morgan fingerprint density at radius 1 is 1.33 bits per heavy atom. The number of benzene rings is 1. The molecule has 3 nitrogen and oxygen atoms in total. The zero-order valence-electron chi connectivity index (χ0n) is 11.4. The molecule has 0 unspecified atom stereocenters. The van der Waals surface area contributed by atoms with E-state index in [2.05, 4.69) is 22.5 Å². The van der Waals surface area contributed by atoms with E-state index in [-0.39, 0.29) is 11.8 Å². The van der Waals surface area contributed by atoms with Crippen molar-refractivity contribution in [2.75, 3.05) is 5.32 Å². The van der Waals surface area contributed by atoms with E-state index < -0.39 is 0 Å². The molecule has 1 amide bonds. The van der Waals surface area contributed by atoms with Crippen LogP contribution in [-0.4, -0.2) is 10.9 Å². The van der Waals surface area contributed by atoms with Crippen LogP contribution in [0.25, 0.3) is 11.3 Å². The molecule has 0 bridgehead atoms. The molecule has 2 aromatic rings. The summed E-state index contributed by atoms with van der Waals surface area (Å²) in [6, 6.07) is 7.57. The maximum Gasteiger partial charge on any atom is 0.229 e. The second kappa shape index (κ2) is 6.41. The maximum absolute atomic E-state index is 12.2. The van der Waals surface area contributed by atoms with Gasteiger partial charge in [0.2, 0.25) is 5.91 Å². The second-order valence-electron chi connectivity index (χ2n) is 4.99. The Balaban J connectivity index is 1.72. The van der Waals surface area contributed by atoms with Crippen LogP contribution in [-0.2, 0) is 4.79 Å². The number of aromatic nitrogens is 1. The number of rotatable bonds is 3. The van der Waals surface area contributed by atoms with Gasteiger partial charge in [0.25, 0.3) is 0 Å². The molecule has 21 heavy (non-hydrogen) atoms. The predicted molar refractivity (Wildman–Crippen MR) is 87.7 cm³/mol. The van der Waals surface area contributed by atoms with Crippen LogP contribution in [0.5, 0.6) is 0 Å². The fourth-order valence-electron chi connectivity index (χ4n) is 2.36.